The number of halogens is 1. The van der Waals surface area contributed by atoms with Crippen molar-refractivity contribution in [3.8, 4) is 11.6 Å². The minimum atomic E-state index is -0.665. The van der Waals surface area contributed by atoms with Gasteiger partial charge in [0, 0.05) is 17.2 Å². The molecule has 0 spiro atoms. The van der Waals surface area contributed by atoms with Gasteiger partial charge < -0.3 is 5.11 Å². The van der Waals surface area contributed by atoms with E-state index in [-0.39, 0.29) is 22.5 Å². The fourth-order valence-corrected chi connectivity index (χ4v) is 4.68. The van der Waals surface area contributed by atoms with E-state index in [4.69, 9.17) is 0 Å². The van der Waals surface area contributed by atoms with Gasteiger partial charge in [0.05, 0.1) is 17.1 Å². The third kappa shape index (κ3) is 4.00. The van der Waals surface area contributed by atoms with Gasteiger partial charge in [-0.1, -0.05) is 24.6 Å². The molecule has 186 valence electrons. The predicted molar refractivity (Wildman–Crippen MR) is 135 cm³/mol. The fraction of sp³-hybridized carbons (Fsp3) is 0.172. The zero-order valence-corrected chi connectivity index (χ0v) is 20.9. The zero-order chi connectivity index (χ0) is 26.4. The third-order valence-corrected chi connectivity index (χ3v) is 6.52. The van der Waals surface area contributed by atoms with Crippen molar-refractivity contribution in [2.45, 2.75) is 34.1 Å². The summed E-state index contributed by atoms with van der Waals surface area (Å²) in [4.78, 5) is 28.6. The first kappa shape index (κ1) is 24.1. The summed E-state index contributed by atoms with van der Waals surface area (Å²) >= 11 is 0. The van der Waals surface area contributed by atoms with Crippen LogP contribution in [0.5, 0.6) is 5.88 Å². The van der Waals surface area contributed by atoms with Crippen molar-refractivity contribution in [2.75, 3.05) is 4.90 Å². The first-order chi connectivity index (χ1) is 17.7. The molecule has 37 heavy (non-hydrogen) atoms. The van der Waals surface area contributed by atoms with Crippen LogP contribution in [-0.4, -0.2) is 21.6 Å². The van der Waals surface area contributed by atoms with E-state index in [1.165, 1.54) is 28.9 Å². The molecule has 4 aromatic rings. The number of benzene rings is 2. The van der Waals surface area contributed by atoms with Gasteiger partial charge in [-0.2, -0.15) is 9.67 Å². The number of nitrogens with zero attached hydrogens (tertiary/aromatic N) is 4. The highest BCUT2D eigenvalue weighted by atomic mass is 19.1. The van der Waals surface area contributed by atoms with Gasteiger partial charge in [0.15, 0.2) is 12.4 Å². The maximum Gasteiger partial charge on any atom is 0.331 e. The summed E-state index contributed by atoms with van der Waals surface area (Å²) in [7, 11) is 0. The summed E-state index contributed by atoms with van der Waals surface area (Å²) in [6.07, 6.45) is 4.15. The van der Waals surface area contributed by atoms with Gasteiger partial charge in [-0.25, -0.2) is 14.0 Å². The fourth-order valence-electron chi connectivity index (χ4n) is 4.68. The van der Waals surface area contributed by atoms with Gasteiger partial charge in [-0.05, 0) is 75.0 Å². The number of pyridine rings is 1. The van der Waals surface area contributed by atoms with Crippen molar-refractivity contribution >= 4 is 28.8 Å². The highest BCUT2D eigenvalue weighted by Gasteiger charge is 2.47. The molecule has 0 saturated carbocycles. The molecule has 1 aliphatic rings. The van der Waals surface area contributed by atoms with Crippen molar-refractivity contribution in [1.29, 1.82) is 0 Å². The van der Waals surface area contributed by atoms with Crippen LogP contribution in [0.1, 0.15) is 34.9 Å². The summed E-state index contributed by atoms with van der Waals surface area (Å²) in [6.45, 7) is 7.47. The van der Waals surface area contributed by atoms with Gasteiger partial charge >= 0.3 is 5.91 Å². The summed E-state index contributed by atoms with van der Waals surface area (Å²) in [6, 6.07) is 14.4. The van der Waals surface area contributed by atoms with Crippen LogP contribution in [-0.2, 0) is 16.0 Å². The number of rotatable bonds is 5. The number of hydrogen-bond acceptors (Lipinski definition) is 4. The third-order valence-electron chi connectivity index (χ3n) is 6.52. The van der Waals surface area contributed by atoms with E-state index < -0.39 is 23.5 Å². The molecule has 2 aromatic heterocycles. The van der Waals surface area contributed by atoms with E-state index in [2.05, 4.69) is 5.10 Å². The Kier molecular flexibility index (Phi) is 5.95. The first-order valence-electron chi connectivity index (χ1n) is 11.9. The predicted octanol–water partition coefficient (Wildman–Crippen LogP) is 3.80. The molecule has 0 saturated heterocycles. The lowest BCUT2D eigenvalue weighted by Gasteiger charge is -2.16. The Hall–Kier alpha value is -4.59. The number of carbonyl (C=O) groups excluding carboxylic acids is 2. The number of hydrogen-bond donors (Lipinski definition) is 0. The Bertz CT molecular complexity index is 1600. The Balaban J connectivity index is 1.75. The maximum absolute atomic E-state index is 13.9. The van der Waals surface area contributed by atoms with Crippen LogP contribution in [0.2, 0.25) is 0 Å². The number of aryl methyl sites for hydroxylation is 4. The topological polar surface area (TPSA) is 82.1 Å². The Morgan fingerprint density at radius 3 is 2.41 bits per heavy atom. The average Bonchev–Trinajstić information content (AvgIpc) is 3.30. The van der Waals surface area contributed by atoms with Crippen molar-refractivity contribution in [3.63, 3.8) is 0 Å². The molecule has 2 amide bonds. The molecule has 0 radical (unpaired) electrons. The molecule has 7 nitrogen and oxygen atoms in total. The Morgan fingerprint density at radius 1 is 1.00 bits per heavy atom. The minimum absolute atomic E-state index is 0.0360. The van der Waals surface area contributed by atoms with Gasteiger partial charge in [0.2, 0.25) is 0 Å². The van der Waals surface area contributed by atoms with Gasteiger partial charge in [-0.15, -0.1) is 0 Å². The monoisotopic (exact) mass is 496 g/mol. The highest BCUT2D eigenvalue weighted by Crippen LogP contribution is 2.38. The van der Waals surface area contributed by atoms with Crippen LogP contribution in [0.3, 0.4) is 0 Å². The van der Waals surface area contributed by atoms with Crippen LogP contribution in [0.25, 0.3) is 17.0 Å². The van der Waals surface area contributed by atoms with Gasteiger partial charge in [0.25, 0.3) is 11.6 Å². The largest absolute Gasteiger partial charge is 0.858 e. The maximum atomic E-state index is 13.9. The molecule has 3 heterocycles. The molecule has 1 aliphatic heterocycles. The number of imide groups is 1. The lowest BCUT2D eigenvalue weighted by Crippen LogP contribution is -2.40. The molecule has 0 unspecified atom stereocenters. The van der Waals surface area contributed by atoms with Crippen molar-refractivity contribution in [1.82, 2.24) is 9.78 Å². The SMILES string of the molecule is CCc1ccc[n+](C2=C(c3c(C)nn(-c4ccc(C)cc4C)c3[O-])C(=O)N(c3ccc(F)cc3)C2=O)c1. The summed E-state index contributed by atoms with van der Waals surface area (Å²) in [5.41, 5.74) is 4.05. The number of anilines is 1. The van der Waals surface area contributed by atoms with E-state index >= 15 is 0 Å². The molecule has 8 heteroatoms. The van der Waals surface area contributed by atoms with Crippen LogP contribution in [0.15, 0.2) is 67.0 Å². The molecule has 0 N–H and O–H groups in total. The van der Waals surface area contributed by atoms with Crippen molar-refractivity contribution < 1.29 is 23.7 Å². The summed E-state index contributed by atoms with van der Waals surface area (Å²) in [5.74, 6) is -2.26. The molecule has 5 rings (SSSR count). The van der Waals surface area contributed by atoms with E-state index in [1.807, 2.05) is 45.0 Å². The Morgan fingerprint density at radius 2 is 1.73 bits per heavy atom. The molecule has 0 fully saturated rings. The van der Waals surface area contributed by atoms with E-state index in [1.54, 1.807) is 30.0 Å². The molecular formula is C29H25FN4O3. The quantitative estimate of drug-likeness (QED) is 0.311. The smallest absolute Gasteiger partial charge is 0.331 e. The van der Waals surface area contributed by atoms with Crippen LogP contribution in [0, 0.1) is 26.6 Å². The number of carbonyl (C=O) groups is 2. The van der Waals surface area contributed by atoms with Gasteiger partial charge in [0.1, 0.15) is 11.4 Å². The summed E-state index contributed by atoms with van der Waals surface area (Å²) in [5, 5.41) is 18.3. The number of aromatic nitrogens is 3. The van der Waals surface area contributed by atoms with Gasteiger partial charge in [-0.3, -0.25) is 9.59 Å². The normalized spacial score (nSPS) is 13.7. The molecule has 0 bridgehead atoms. The second-order valence-electron chi connectivity index (χ2n) is 9.09. The minimum Gasteiger partial charge on any atom is -0.858 e. The number of amides is 2. The lowest BCUT2D eigenvalue weighted by atomic mass is 10.0. The van der Waals surface area contributed by atoms with Crippen molar-refractivity contribution in [2.24, 2.45) is 0 Å². The zero-order valence-electron chi connectivity index (χ0n) is 20.9. The van der Waals surface area contributed by atoms with Crippen LogP contribution in [0.4, 0.5) is 10.1 Å². The average molecular weight is 497 g/mol. The second-order valence-corrected chi connectivity index (χ2v) is 9.09. The van der Waals surface area contributed by atoms with Crippen molar-refractivity contribution in [3.05, 3.63) is 101 Å². The second kappa shape index (κ2) is 9.13. The lowest BCUT2D eigenvalue weighted by molar-refractivity contribution is -0.577. The Labute approximate surface area is 213 Å². The van der Waals surface area contributed by atoms with Crippen LogP contribution >= 0.6 is 0 Å². The summed E-state index contributed by atoms with van der Waals surface area (Å²) < 4.78 is 16.5. The highest BCUT2D eigenvalue weighted by molar-refractivity contribution is 6.53. The molecular weight excluding hydrogens is 471 g/mol. The van der Waals surface area contributed by atoms with Crippen LogP contribution < -0.4 is 14.6 Å². The molecule has 0 aliphatic carbocycles. The van der Waals surface area contributed by atoms with E-state index in [9.17, 15) is 19.1 Å². The first-order valence-corrected chi connectivity index (χ1v) is 11.9. The molecule has 0 atom stereocenters. The van der Waals surface area contributed by atoms with E-state index in [0.717, 1.165) is 21.6 Å². The molecule has 2 aromatic carbocycles. The standard InChI is InChI=1S/C29H25FN4O3/c1-5-20-7-6-14-32(16-20)26-25(27(35)33(29(26)37)22-11-9-21(30)10-12-22)24-19(4)31-34(28(24)36)23-13-8-17(2)15-18(23)3/h6-16H,5H2,1-4H3. The van der Waals surface area contributed by atoms with E-state index in [0.29, 0.717) is 17.8 Å².